The number of nitrogens with zero attached hydrogens (tertiary/aromatic N) is 1. The van der Waals surface area contributed by atoms with Crippen LogP contribution in [0, 0.1) is 6.92 Å². The number of hydrogen-bond acceptors (Lipinski definition) is 4. The normalized spacial score (nSPS) is 10.9. The summed E-state index contributed by atoms with van der Waals surface area (Å²) < 4.78 is 5.56. The first-order valence-electron chi connectivity index (χ1n) is 8.83. The molecule has 0 spiro atoms. The highest BCUT2D eigenvalue weighted by atomic mass is 32.1. The van der Waals surface area contributed by atoms with Crippen molar-refractivity contribution < 1.29 is 9.53 Å². The van der Waals surface area contributed by atoms with Gasteiger partial charge in [0.25, 0.3) is 0 Å². The van der Waals surface area contributed by atoms with Crippen LogP contribution >= 0.6 is 11.3 Å². The Hall–Kier alpha value is -2.98. The molecule has 1 heterocycles. The third kappa shape index (κ3) is 3.91. The van der Waals surface area contributed by atoms with Gasteiger partial charge >= 0.3 is 5.97 Å². The van der Waals surface area contributed by atoms with E-state index in [0.29, 0.717) is 0 Å². The van der Waals surface area contributed by atoms with E-state index in [9.17, 15) is 4.79 Å². The molecule has 0 saturated carbocycles. The van der Waals surface area contributed by atoms with Crippen molar-refractivity contribution >= 4 is 28.1 Å². The fourth-order valence-corrected chi connectivity index (χ4v) is 3.92. The number of aromatic nitrogens is 1. The Balaban J connectivity index is 1.44. The number of rotatable bonds is 5. The molecule has 4 rings (SSSR count). The molecule has 27 heavy (non-hydrogen) atoms. The second-order valence-electron chi connectivity index (χ2n) is 6.43. The Morgan fingerprint density at radius 3 is 2.63 bits per heavy atom. The maximum Gasteiger partial charge on any atom is 0.312 e. The molecule has 0 N–H and O–H groups in total. The number of ether oxygens (including phenoxy) is 1. The van der Waals surface area contributed by atoms with E-state index in [1.807, 2.05) is 54.8 Å². The zero-order valence-corrected chi connectivity index (χ0v) is 15.8. The summed E-state index contributed by atoms with van der Waals surface area (Å²) in [6, 6.07) is 22.3. The number of fused-ring (bicyclic) bond motifs is 1. The van der Waals surface area contributed by atoms with Crippen molar-refractivity contribution in [3.8, 4) is 10.6 Å². The lowest BCUT2D eigenvalue weighted by Crippen LogP contribution is -2.09. The fraction of sp³-hybridized carbons (Fsp3) is 0.130. The number of carbonyl (C=O) groups excluding carboxylic acids is 1. The molecule has 0 amide bonds. The molecule has 0 atom stereocenters. The van der Waals surface area contributed by atoms with Gasteiger partial charge in [-0.2, -0.15) is 0 Å². The van der Waals surface area contributed by atoms with Crippen LogP contribution in [0.15, 0.2) is 72.1 Å². The second kappa shape index (κ2) is 7.72. The molecule has 4 heteroatoms. The topological polar surface area (TPSA) is 39.2 Å². The summed E-state index contributed by atoms with van der Waals surface area (Å²) in [4.78, 5) is 16.9. The van der Waals surface area contributed by atoms with Gasteiger partial charge in [-0.15, -0.1) is 11.3 Å². The molecule has 0 bridgehead atoms. The van der Waals surface area contributed by atoms with Gasteiger partial charge in [0, 0.05) is 16.5 Å². The molecule has 134 valence electrons. The molecule has 0 aliphatic rings. The first kappa shape index (κ1) is 17.4. The van der Waals surface area contributed by atoms with Crippen LogP contribution in [-0.4, -0.2) is 11.0 Å². The predicted molar refractivity (Wildman–Crippen MR) is 110 cm³/mol. The van der Waals surface area contributed by atoms with Crippen LogP contribution in [0.2, 0.25) is 0 Å². The zero-order chi connectivity index (χ0) is 18.6. The Bertz CT molecular complexity index is 1090. The molecule has 0 aliphatic heterocycles. The lowest BCUT2D eigenvalue weighted by molar-refractivity contribution is -0.144. The standard InChI is InChI=1S/C23H19NO2S/c1-16-11-12-17-7-5-6-10-20(17)21(16)14-26-22(25)13-19-15-27-23(24-19)18-8-3-2-4-9-18/h2-12,15H,13-14H2,1H3. The van der Waals surface area contributed by atoms with E-state index in [1.165, 1.54) is 0 Å². The van der Waals surface area contributed by atoms with Crippen molar-refractivity contribution in [3.63, 3.8) is 0 Å². The van der Waals surface area contributed by atoms with Crippen molar-refractivity contribution in [2.75, 3.05) is 0 Å². The van der Waals surface area contributed by atoms with Gasteiger partial charge in [0.15, 0.2) is 0 Å². The van der Waals surface area contributed by atoms with E-state index in [0.717, 1.165) is 38.2 Å². The molecule has 4 aromatic rings. The van der Waals surface area contributed by atoms with Gasteiger partial charge in [-0.1, -0.05) is 66.7 Å². The van der Waals surface area contributed by atoms with E-state index in [1.54, 1.807) is 11.3 Å². The van der Waals surface area contributed by atoms with Gasteiger partial charge in [-0.25, -0.2) is 4.98 Å². The maximum absolute atomic E-state index is 12.3. The van der Waals surface area contributed by atoms with E-state index in [2.05, 4.69) is 29.2 Å². The lowest BCUT2D eigenvalue weighted by Gasteiger charge is -2.11. The van der Waals surface area contributed by atoms with Crippen molar-refractivity contribution in [2.45, 2.75) is 20.0 Å². The van der Waals surface area contributed by atoms with Crippen molar-refractivity contribution in [3.05, 3.63) is 88.9 Å². The Kier molecular flexibility index (Phi) is 4.99. The Morgan fingerprint density at radius 1 is 1.00 bits per heavy atom. The van der Waals surface area contributed by atoms with Crippen LogP contribution in [0.3, 0.4) is 0 Å². The van der Waals surface area contributed by atoms with Crippen molar-refractivity contribution in [2.24, 2.45) is 0 Å². The first-order valence-corrected chi connectivity index (χ1v) is 9.71. The number of carbonyl (C=O) groups is 1. The van der Waals surface area contributed by atoms with Crippen LogP contribution in [0.25, 0.3) is 21.3 Å². The molecule has 0 aliphatic carbocycles. The summed E-state index contributed by atoms with van der Waals surface area (Å²) in [5.74, 6) is -0.257. The molecule has 0 unspecified atom stereocenters. The summed E-state index contributed by atoms with van der Waals surface area (Å²) >= 11 is 1.54. The minimum atomic E-state index is -0.257. The summed E-state index contributed by atoms with van der Waals surface area (Å²) in [7, 11) is 0. The minimum Gasteiger partial charge on any atom is -0.460 e. The molecule has 0 radical (unpaired) electrons. The summed E-state index contributed by atoms with van der Waals surface area (Å²) in [5.41, 5.74) is 4.00. The third-order valence-corrected chi connectivity index (χ3v) is 5.49. The molecule has 0 saturated heterocycles. The van der Waals surface area contributed by atoms with Crippen LogP contribution in [0.4, 0.5) is 0 Å². The molecule has 1 aromatic heterocycles. The highest BCUT2D eigenvalue weighted by molar-refractivity contribution is 7.13. The number of aryl methyl sites for hydroxylation is 1. The van der Waals surface area contributed by atoms with Crippen LogP contribution in [-0.2, 0) is 22.6 Å². The fourth-order valence-electron chi connectivity index (χ4n) is 3.09. The quantitative estimate of drug-likeness (QED) is 0.430. The Morgan fingerprint density at radius 2 is 1.78 bits per heavy atom. The molecule has 3 aromatic carbocycles. The number of thiazole rings is 1. The van der Waals surface area contributed by atoms with Gasteiger partial charge in [-0.3, -0.25) is 4.79 Å². The van der Waals surface area contributed by atoms with Crippen LogP contribution < -0.4 is 0 Å². The predicted octanol–water partition coefficient (Wildman–Crippen LogP) is 5.56. The molecule has 3 nitrogen and oxygen atoms in total. The average molecular weight is 373 g/mol. The minimum absolute atomic E-state index is 0.188. The number of hydrogen-bond donors (Lipinski definition) is 0. The highest BCUT2D eigenvalue weighted by Crippen LogP contribution is 2.25. The van der Waals surface area contributed by atoms with E-state index in [-0.39, 0.29) is 19.0 Å². The Labute approximate surface area is 162 Å². The maximum atomic E-state index is 12.3. The summed E-state index contributed by atoms with van der Waals surface area (Å²) in [5, 5.41) is 5.13. The SMILES string of the molecule is Cc1ccc2ccccc2c1COC(=O)Cc1csc(-c2ccccc2)n1. The van der Waals surface area contributed by atoms with Crippen LogP contribution in [0.5, 0.6) is 0 Å². The van der Waals surface area contributed by atoms with E-state index >= 15 is 0 Å². The van der Waals surface area contributed by atoms with E-state index < -0.39 is 0 Å². The van der Waals surface area contributed by atoms with Gasteiger partial charge in [0.05, 0.1) is 12.1 Å². The van der Waals surface area contributed by atoms with Crippen molar-refractivity contribution in [1.29, 1.82) is 0 Å². The van der Waals surface area contributed by atoms with Gasteiger partial charge in [0.1, 0.15) is 11.6 Å². The van der Waals surface area contributed by atoms with Crippen molar-refractivity contribution in [1.82, 2.24) is 4.98 Å². The van der Waals surface area contributed by atoms with E-state index in [4.69, 9.17) is 4.74 Å². The largest absolute Gasteiger partial charge is 0.460 e. The number of benzene rings is 3. The molecule has 0 fully saturated rings. The summed E-state index contributed by atoms with van der Waals surface area (Å²) in [6.07, 6.45) is 0.188. The number of esters is 1. The van der Waals surface area contributed by atoms with Gasteiger partial charge < -0.3 is 4.74 Å². The lowest BCUT2D eigenvalue weighted by atomic mass is 10.0. The average Bonchev–Trinajstić information content (AvgIpc) is 3.16. The summed E-state index contributed by atoms with van der Waals surface area (Å²) in [6.45, 7) is 2.32. The van der Waals surface area contributed by atoms with Gasteiger partial charge in [-0.05, 0) is 23.3 Å². The first-order chi connectivity index (χ1) is 13.2. The monoisotopic (exact) mass is 373 g/mol. The van der Waals surface area contributed by atoms with Gasteiger partial charge in [0.2, 0.25) is 0 Å². The van der Waals surface area contributed by atoms with Crippen LogP contribution in [0.1, 0.15) is 16.8 Å². The molecular weight excluding hydrogens is 354 g/mol. The zero-order valence-electron chi connectivity index (χ0n) is 15.0. The highest BCUT2D eigenvalue weighted by Gasteiger charge is 2.12. The third-order valence-electron chi connectivity index (χ3n) is 4.55. The molecular formula is C23H19NO2S. The smallest absolute Gasteiger partial charge is 0.312 e. The second-order valence-corrected chi connectivity index (χ2v) is 7.29.